The van der Waals surface area contributed by atoms with Gasteiger partial charge in [-0.3, -0.25) is 63.2 Å². The number of amides is 12. The number of nitrogens with one attached hydrogen (secondary N) is 5. The van der Waals surface area contributed by atoms with Crippen LogP contribution < -0.4 is 32.3 Å². The zero-order chi connectivity index (χ0) is 64.2. The minimum absolute atomic E-state index is 0.0964. The van der Waals surface area contributed by atoms with Crippen LogP contribution in [0.15, 0.2) is 116 Å². The van der Waals surface area contributed by atoms with Crippen LogP contribution in [0.25, 0.3) is 27.2 Å². The molecule has 25 nitrogen and oxygen atoms in total. The van der Waals surface area contributed by atoms with E-state index in [4.69, 9.17) is 10.5 Å². The fourth-order valence-corrected chi connectivity index (χ4v) is 11.2. The molecule has 0 radical (unpaired) electrons. The maximum atomic E-state index is 14.0. The molecule has 0 saturated heterocycles. The van der Waals surface area contributed by atoms with Gasteiger partial charge < -0.3 is 46.1 Å². The lowest BCUT2D eigenvalue weighted by Crippen LogP contribution is -2.54. The Labute approximate surface area is 519 Å². The smallest absolute Gasteiger partial charge is 0.411 e. The van der Waals surface area contributed by atoms with E-state index >= 15 is 0 Å². The number of hydrogen-bond acceptors (Lipinski definition) is 15. The van der Waals surface area contributed by atoms with Crippen molar-refractivity contribution in [2.24, 2.45) is 11.7 Å². The molecule has 0 spiro atoms. The summed E-state index contributed by atoms with van der Waals surface area (Å²) < 4.78 is 7.41. The monoisotopic (exact) mass is 1230 g/mol. The van der Waals surface area contributed by atoms with Crippen molar-refractivity contribution in [3.8, 4) is 5.69 Å². The van der Waals surface area contributed by atoms with Crippen molar-refractivity contribution in [3.63, 3.8) is 0 Å². The summed E-state index contributed by atoms with van der Waals surface area (Å²) in [5.74, 6) is -4.23. The molecule has 9 rings (SSSR count). The Hall–Kier alpha value is -10.1. The van der Waals surface area contributed by atoms with Gasteiger partial charge in [-0.25, -0.2) is 14.6 Å². The van der Waals surface area contributed by atoms with Gasteiger partial charge >= 0.3 is 12.1 Å². The molecule has 7 N–H and O–H groups in total. The number of anilines is 2. The Morgan fingerprint density at radius 1 is 0.611 bits per heavy atom. The molecule has 4 heterocycles. The maximum Gasteiger partial charge on any atom is 0.411 e. The predicted octanol–water partition coefficient (Wildman–Crippen LogP) is 5.57. The van der Waals surface area contributed by atoms with E-state index in [1.165, 1.54) is 22.0 Å². The number of ether oxygens (including phenoxy) is 1. The van der Waals surface area contributed by atoms with Crippen LogP contribution in [0.3, 0.4) is 0 Å². The number of urea groups is 1. The van der Waals surface area contributed by atoms with Crippen LogP contribution in [0, 0.1) is 5.92 Å². The summed E-state index contributed by atoms with van der Waals surface area (Å²) in [4.78, 5) is 156. The summed E-state index contributed by atoms with van der Waals surface area (Å²) in [5.41, 5.74) is 8.88. The van der Waals surface area contributed by atoms with Gasteiger partial charge in [0, 0.05) is 120 Å². The molecule has 5 aromatic carbocycles. The van der Waals surface area contributed by atoms with Crippen LogP contribution in [0.2, 0.25) is 0 Å². The summed E-state index contributed by atoms with van der Waals surface area (Å²) in [6.07, 6.45) is 9.53. The number of rotatable bonds is 30. The Kier molecular flexibility index (Phi) is 20.9. The number of hydrogen-bond donors (Lipinski definition) is 6. The first-order valence-corrected chi connectivity index (χ1v) is 30.0. The van der Waals surface area contributed by atoms with Crippen molar-refractivity contribution < 1.29 is 57.5 Å². The fourth-order valence-electron chi connectivity index (χ4n) is 11.2. The summed E-state index contributed by atoms with van der Waals surface area (Å²) >= 11 is 0. The molecule has 0 aliphatic carbocycles. The lowest BCUT2D eigenvalue weighted by Gasteiger charge is -2.30. The standard InChI is InChI=1S/C65H73N13O12/c1-40(2)57(72-52(79)17-6-5-7-32-76-53(80)26-27-54(76)81)59(83)70-50(16-10-28-68-64(66)88)58(82)69-42-20-18-41(19-21-42)38-90-65(89)71-49-24-22-47-55-43(49)12-8-14-45(55)60(84)77(62(47)86)36-34-73(3)30-11-31-74(4)35-37-78-61(85)46-15-9-13-44-51(75-33-29-67-39-75)25-23-48(56(44)46)63(78)87/h8-9,12-15,18-27,29,33,39-40,50,57H,5-7,10-11,16-17,28,30-32,34-38H2,1-4H3,(H,69,82)(H,70,83)(H,71,89)(H,72,79)(H3,66,68,88)/t50-,57-/m0/s1. The third kappa shape index (κ3) is 15.2. The Bertz CT molecular complexity index is 3730. The molecule has 0 saturated carbocycles. The molecule has 470 valence electrons. The topological polar surface area (TPSA) is 317 Å². The zero-order valence-corrected chi connectivity index (χ0v) is 50.6. The second-order valence-electron chi connectivity index (χ2n) is 22.8. The van der Waals surface area contributed by atoms with E-state index in [2.05, 4.69) is 36.5 Å². The number of carbonyl (C=O) groups excluding carboxylic acids is 11. The van der Waals surface area contributed by atoms with E-state index in [1.807, 2.05) is 48.0 Å². The molecule has 2 atom stereocenters. The van der Waals surface area contributed by atoms with Gasteiger partial charge in [0.05, 0.1) is 17.7 Å². The number of likely N-dealkylation sites (N-methyl/N-ethyl adjacent to an activating group) is 2. The molecule has 0 unspecified atom stereocenters. The number of nitrogens with two attached hydrogens (primary N) is 1. The molecular formula is C65H73N13O12. The first kappa shape index (κ1) is 64.3. The minimum Gasteiger partial charge on any atom is -0.444 e. The van der Waals surface area contributed by atoms with Crippen LogP contribution in [0.1, 0.15) is 106 Å². The number of imide groups is 3. The minimum atomic E-state index is -1.09. The Balaban J connectivity index is 0.715. The lowest BCUT2D eigenvalue weighted by molar-refractivity contribution is -0.137. The van der Waals surface area contributed by atoms with E-state index in [9.17, 15) is 52.7 Å². The van der Waals surface area contributed by atoms with E-state index in [0.29, 0.717) is 101 Å². The summed E-state index contributed by atoms with van der Waals surface area (Å²) in [6.45, 7) is 6.23. The molecule has 1 aromatic heterocycles. The van der Waals surface area contributed by atoms with Crippen molar-refractivity contribution in [1.29, 1.82) is 0 Å². The highest BCUT2D eigenvalue weighted by Crippen LogP contribution is 2.36. The van der Waals surface area contributed by atoms with E-state index in [0.717, 1.165) is 22.4 Å². The maximum absolute atomic E-state index is 14.0. The van der Waals surface area contributed by atoms with Gasteiger partial charge in [0.25, 0.3) is 35.4 Å². The van der Waals surface area contributed by atoms with Crippen LogP contribution >= 0.6 is 0 Å². The molecule has 0 fully saturated rings. The van der Waals surface area contributed by atoms with Gasteiger partial charge in [-0.2, -0.15) is 0 Å². The number of aromatic nitrogens is 2. The highest BCUT2D eigenvalue weighted by molar-refractivity contribution is 6.28. The first-order valence-electron chi connectivity index (χ1n) is 30.0. The third-order valence-electron chi connectivity index (χ3n) is 16.1. The van der Waals surface area contributed by atoms with Crippen molar-refractivity contribution in [2.75, 3.05) is 77.1 Å². The number of benzene rings is 5. The average molecular weight is 1230 g/mol. The Morgan fingerprint density at radius 2 is 1.21 bits per heavy atom. The largest absolute Gasteiger partial charge is 0.444 e. The predicted molar refractivity (Wildman–Crippen MR) is 334 cm³/mol. The quantitative estimate of drug-likeness (QED) is 0.0237. The summed E-state index contributed by atoms with van der Waals surface area (Å²) in [5, 5.41) is 15.8. The highest BCUT2D eigenvalue weighted by Gasteiger charge is 2.36. The van der Waals surface area contributed by atoms with Gasteiger partial charge in [-0.1, -0.05) is 56.7 Å². The van der Waals surface area contributed by atoms with Crippen LogP contribution in [0.5, 0.6) is 0 Å². The fraction of sp³-hybridized carbons (Fsp3) is 0.354. The SMILES string of the molecule is CC(C)[C@H](NC(=O)CCCCCN1C(=O)C=CC1=O)C(=O)N[C@@H](CCCNC(N)=O)C(=O)Nc1ccc(COC(=O)Nc2ccc3c4c(cccc24)C(=O)N(CCN(C)CCCN(C)CCN2C(=O)c4cccc5c(-n6ccnc6)ccc(c45)C2=O)C3=O)cc1. The van der Waals surface area contributed by atoms with Crippen LogP contribution in [0.4, 0.5) is 21.0 Å². The number of nitrogens with zero attached hydrogens (tertiary/aromatic N) is 7. The van der Waals surface area contributed by atoms with Gasteiger partial charge in [0.15, 0.2) is 0 Å². The molecule has 3 aliphatic rings. The molecular weight excluding hydrogens is 1150 g/mol. The van der Waals surface area contributed by atoms with Crippen LogP contribution in [-0.2, 0) is 35.3 Å². The molecule has 0 bridgehead atoms. The van der Waals surface area contributed by atoms with E-state index < -0.39 is 47.8 Å². The van der Waals surface area contributed by atoms with Crippen molar-refractivity contribution in [1.82, 2.24) is 50.0 Å². The first-order chi connectivity index (χ1) is 43.3. The average Bonchev–Trinajstić information content (AvgIpc) is 0.847. The van der Waals surface area contributed by atoms with Crippen molar-refractivity contribution in [2.45, 2.75) is 77.5 Å². The number of imidazole rings is 1. The third-order valence-corrected chi connectivity index (χ3v) is 16.1. The van der Waals surface area contributed by atoms with E-state index in [1.54, 1.807) is 93.1 Å². The van der Waals surface area contributed by atoms with Crippen molar-refractivity contribution >= 4 is 98.2 Å². The summed E-state index contributed by atoms with van der Waals surface area (Å²) in [6, 6.07) is 20.9. The van der Waals surface area contributed by atoms with Gasteiger partial charge in [0.1, 0.15) is 18.7 Å². The number of unbranched alkanes of at least 4 members (excludes halogenated alkanes) is 2. The number of primary amides is 1. The van der Waals surface area contributed by atoms with E-state index in [-0.39, 0.29) is 87.5 Å². The Morgan fingerprint density at radius 3 is 1.81 bits per heavy atom. The van der Waals surface area contributed by atoms with Crippen molar-refractivity contribution in [3.05, 3.63) is 144 Å². The van der Waals surface area contributed by atoms with Gasteiger partial charge in [-0.15, -0.1) is 0 Å². The number of carbonyl (C=O) groups is 11. The summed E-state index contributed by atoms with van der Waals surface area (Å²) in [7, 11) is 3.85. The lowest BCUT2D eigenvalue weighted by atomic mass is 9.93. The highest BCUT2D eigenvalue weighted by atomic mass is 16.5. The second-order valence-corrected chi connectivity index (χ2v) is 22.8. The molecule has 6 aromatic rings. The molecule has 12 amide bonds. The van der Waals surface area contributed by atoms with Crippen LogP contribution in [-0.4, -0.2) is 178 Å². The normalized spacial score (nSPS) is 14.3. The molecule has 25 heteroatoms. The molecule has 90 heavy (non-hydrogen) atoms. The second kappa shape index (κ2) is 29.2. The molecule has 3 aliphatic heterocycles. The van der Waals surface area contributed by atoms with Gasteiger partial charge in [-0.05, 0) is 119 Å². The van der Waals surface area contributed by atoms with Gasteiger partial charge in [0.2, 0.25) is 17.7 Å². The zero-order valence-electron chi connectivity index (χ0n) is 50.6.